The summed E-state index contributed by atoms with van der Waals surface area (Å²) in [5, 5.41) is 7.53. The first-order chi connectivity index (χ1) is 15.9. The molecule has 2 heteroatoms. The molecule has 0 saturated carbocycles. The predicted molar refractivity (Wildman–Crippen MR) is 134 cm³/mol. The van der Waals surface area contributed by atoms with E-state index in [0.717, 1.165) is 27.5 Å². The van der Waals surface area contributed by atoms with Crippen LogP contribution in [0.3, 0.4) is 0 Å². The Labute approximate surface area is 183 Å². The Morgan fingerprint density at radius 2 is 1.19 bits per heavy atom. The molecule has 3 aromatic heterocycles. The number of furan rings is 1. The summed E-state index contributed by atoms with van der Waals surface area (Å²) in [5.74, 6) is 0. The summed E-state index contributed by atoms with van der Waals surface area (Å²) < 4.78 is 8.73. The molecule has 0 radical (unpaired) electrons. The van der Waals surface area contributed by atoms with E-state index < -0.39 is 0 Å². The lowest BCUT2D eigenvalue weighted by atomic mass is 10.00. The minimum atomic E-state index is 0.934. The van der Waals surface area contributed by atoms with E-state index in [2.05, 4.69) is 95.4 Å². The number of para-hydroxylation sites is 4. The minimum absolute atomic E-state index is 0.934. The Hall–Kier alpha value is -4.30. The van der Waals surface area contributed by atoms with Gasteiger partial charge in [0.05, 0.1) is 16.6 Å². The second-order valence-corrected chi connectivity index (χ2v) is 8.57. The molecule has 0 amide bonds. The average molecular weight is 407 g/mol. The highest BCUT2D eigenvalue weighted by atomic mass is 16.3. The van der Waals surface area contributed by atoms with Crippen LogP contribution in [0.4, 0.5) is 0 Å². The number of hydrogen-bond donors (Lipinski definition) is 0. The van der Waals surface area contributed by atoms with Crippen molar-refractivity contribution < 1.29 is 4.42 Å². The number of nitrogens with zero attached hydrogens (tertiary/aromatic N) is 1. The van der Waals surface area contributed by atoms with Crippen molar-refractivity contribution in [2.45, 2.75) is 0 Å². The van der Waals surface area contributed by atoms with Gasteiger partial charge in [0, 0.05) is 37.9 Å². The zero-order valence-electron chi connectivity index (χ0n) is 17.2. The number of fused-ring (bicyclic) bond motifs is 9. The van der Waals surface area contributed by atoms with E-state index in [0.29, 0.717) is 0 Å². The summed E-state index contributed by atoms with van der Waals surface area (Å²) in [6.45, 7) is 0. The lowest BCUT2D eigenvalue weighted by Crippen LogP contribution is -1.82. The van der Waals surface area contributed by atoms with Gasteiger partial charge >= 0.3 is 0 Å². The molecule has 0 bridgehead atoms. The van der Waals surface area contributed by atoms with Crippen LogP contribution in [0.15, 0.2) is 108 Å². The molecule has 0 N–H and O–H groups in total. The van der Waals surface area contributed by atoms with Gasteiger partial charge in [-0.1, -0.05) is 78.9 Å². The molecule has 0 aliphatic carbocycles. The summed E-state index contributed by atoms with van der Waals surface area (Å²) in [6, 6.07) is 36.9. The van der Waals surface area contributed by atoms with Crippen molar-refractivity contribution in [3.63, 3.8) is 0 Å². The Morgan fingerprint density at radius 1 is 0.500 bits per heavy atom. The van der Waals surface area contributed by atoms with Gasteiger partial charge in [-0.15, -0.1) is 0 Å². The number of rotatable bonds is 1. The van der Waals surface area contributed by atoms with E-state index in [1.807, 2.05) is 12.1 Å². The standard InChI is InChI=1S/C30H17NO/c1-3-13-26-20(7-1)22-10-6-11-23-25-17-18(15-16-27(25)31(26)29(22)23)19-9-5-12-24-21-8-2-4-14-28(21)32-30(19)24/h1-17H. The Morgan fingerprint density at radius 3 is 2.12 bits per heavy atom. The maximum atomic E-state index is 6.31. The number of benzene rings is 5. The molecular formula is C30H17NO. The summed E-state index contributed by atoms with van der Waals surface area (Å²) in [6.07, 6.45) is 0. The third-order valence-corrected chi connectivity index (χ3v) is 6.94. The predicted octanol–water partition coefficient (Wildman–Crippen LogP) is 8.40. The van der Waals surface area contributed by atoms with Crippen molar-refractivity contribution in [1.82, 2.24) is 4.40 Å². The molecule has 0 saturated heterocycles. The zero-order chi connectivity index (χ0) is 20.8. The van der Waals surface area contributed by atoms with Gasteiger partial charge in [-0.25, -0.2) is 0 Å². The van der Waals surface area contributed by atoms with E-state index in [1.54, 1.807) is 0 Å². The molecule has 5 aromatic carbocycles. The van der Waals surface area contributed by atoms with E-state index >= 15 is 0 Å². The summed E-state index contributed by atoms with van der Waals surface area (Å²) in [7, 11) is 0. The van der Waals surface area contributed by atoms with Crippen LogP contribution >= 0.6 is 0 Å². The molecule has 0 aliphatic heterocycles. The highest BCUT2D eigenvalue weighted by Crippen LogP contribution is 2.41. The Kier molecular flexibility index (Phi) is 2.91. The van der Waals surface area contributed by atoms with Crippen LogP contribution in [0.25, 0.3) is 71.2 Å². The van der Waals surface area contributed by atoms with Gasteiger partial charge < -0.3 is 8.82 Å². The van der Waals surface area contributed by atoms with Crippen molar-refractivity contribution >= 4 is 60.0 Å². The first-order valence-corrected chi connectivity index (χ1v) is 11.0. The highest BCUT2D eigenvalue weighted by Gasteiger charge is 2.18. The van der Waals surface area contributed by atoms with Gasteiger partial charge in [-0.3, -0.25) is 0 Å². The van der Waals surface area contributed by atoms with Crippen molar-refractivity contribution in [2.24, 2.45) is 0 Å². The van der Waals surface area contributed by atoms with Crippen LogP contribution in [0.2, 0.25) is 0 Å². The molecule has 3 heterocycles. The number of aromatic nitrogens is 1. The molecule has 32 heavy (non-hydrogen) atoms. The van der Waals surface area contributed by atoms with Crippen LogP contribution < -0.4 is 0 Å². The third-order valence-electron chi connectivity index (χ3n) is 6.94. The van der Waals surface area contributed by atoms with Gasteiger partial charge in [-0.2, -0.15) is 0 Å². The van der Waals surface area contributed by atoms with Crippen LogP contribution in [-0.4, -0.2) is 4.40 Å². The number of hydrogen-bond acceptors (Lipinski definition) is 1. The van der Waals surface area contributed by atoms with Gasteiger partial charge in [0.1, 0.15) is 11.2 Å². The topological polar surface area (TPSA) is 17.6 Å². The molecule has 148 valence electrons. The maximum Gasteiger partial charge on any atom is 0.143 e. The largest absolute Gasteiger partial charge is 0.455 e. The third kappa shape index (κ3) is 1.91. The summed E-state index contributed by atoms with van der Waals surface area (Å²) in [5.41, 5.74) is 8.02. The Balaban J connectivity index is 1.49. The quantitative estimate of drug-likeness (QED) is 0.267. The SMILES string of the molecule is c1ccc2c(c1)oc1c(-c3ccc4c(c3)c3cccc5c6ccccc6n4c53)cccc12. The lowest BCUT2D eigenvalue weighted by molar-refractivity contribution is 0.670. The molecule has 0 atom stereocenters. The fourth-order valence-electron chi connectivity index (χ4n) is 5.57. The van der Waals surface area contributed by atoms with E-state index in [4.69, 9.17) is 4.42 Å². The van der Waals surface area contributed by atoms with Crippen molar-refractivity contribution in [3.8, 4) is 11.1 Å². The highest BCUT2D eigenvalue weighted by molar-refractivity contribution is 6.23. The van der Waals surface area contributed by atoms with E-state index in [1.165, 1.54) is 43.7 Å². The minimum Gasteiger partial charge on any atom is -0.455 e. The zero-order valence-corrected chi connectivity index (χ0v) is 17.2. The Bertz CT molecular complexity index is 1990. The van der Waals surface area contributed by atoms with E-state index in [9.17, 15) is 0 Å². The fourth-order valence-corrected chi connectivity index (χ4v) is 5.57. The van der Waals surface area contributed by atoms with E-state index in [-0.39, 0.29) is 0 Å². The average Bonchev–Trinajstić information content (AvgIpc) is 3.50. The monoisotopic (exact) mass is 407 g/mol. The molecule has 0 unspecified atom stereocenters. The second-order valence-electron chi connectivity index (χ2n) is 8.57. The first kappa shape index (κ1) is 16.4. The van der Waals surface area contributed by atoms with Gasteiger partial charge in [0.25, 0.3) is 0 Å². The normalized spacial score (nSPS) is 12.4. The molecule has 2 nitrogen and oxygen atoms in total. The van der Waals surface area contributed by atoms with Gasteiger partial charge in [-0.05, 0) is 29.8 Å². The smallest absolute Gasteiger partial charge is 0.143 e. The fraction of sp³-hybridized carbons (Fsp3) is 0. The summed E-state index contributed by atoms with van der Waals surface area (Å²) >= 11 is 0. The maximum absolute atomic E-state index is 6.31. The molecule has 8 aromatic rings. The van der Waals surface area contributed by atoms with Crippen LogP contribution in [0.5, 0.6) is 0 Å². The van der Waals surface area contributed by atoms with Crippen LogP contribution in [-0.2, 0) is 0 Å². The first-order valence-electron chi connectivity index (χ1n) is 11.0. The molecule has 0 aliphatic rings. The van der Waals surface area contributed by atoms with Crippen molar-refractivity contribution in [1.29, 1.82) is 0 Å². The molecular weight excluding hydrogens is 390 g/mol. The van der Waals surface area contributed by atoms with Crippen LogP contribution in [0, 0.1) is 0 Å². The van der Waals surface area contributed by atoms with Crippen LogP contribution in [0.1, 0.15) is 0 Å². The van der Waals surface area contributed by atoms with Crippen molar-refractivity contribution in [2.75, 3.05) is 0 Å². The second kappa shape index (κ2) is 5.68. The molecule has 0 spiro atoms. The molecule has 8 rings (SSSR count). The van der Waals surface area contributed by atoms with Crippen molar-refractivity contribution in [3.05, 3.63) is 103 Å². The molecule has 0 fully saturated rings. The van der Waals surface area contributed by atoms with Gasteiger partial charge in [0.15, 0.2) is 0 Å². The summed E-state index contributed by atoms with van der Waals surface area (Å²) in [4.78, 5) is 0. The lowest BCUT2D eigenvalue weighted by Gasteiger charge is -2.04. The van der Waals surface area contributed by atoms with Gasteiger partial charge in [0.2, 0.25) is 0 Å².